The van der Waals surface area contributed by atoms with Gasteiger partial charge in [0.15, 0.2) is 0 Å². The van der Waals surface area contributed by atoms with E-state index in [0.717, 1.165) is 92.5 Å². The molecular formula is C36H35IN4O3. The van der Waals surface area contributed by atoms with Crippen molar-refractivity contribution in [2.45, 2.75) is 57.9 Å². The van der Waals surface area contributed by atoms with Gasteiger partial charge < -0.3 is 14.2 Å². The molecule has 44 heavy (non-hydrogen) atoms. The zero-order valence-corrected chi connectivity index (χ0v) is 27.0. The number of hydrogen-bond donors (Lipinski definition) is 0. The van der Waals surface area contributed by atoms with Gasteiger partial charge in [-0.1, -0.05) is 31.4 Å². The summed E-state index contributed by atoms with van der Waals surface area (Å²) in [7, 11) is 0. The largest absolute Gasteiger partial charge is 0.462 e. The van der Waals surface area contributed by atoms with E-state index in [9.17, 15) is 9.59 Å². The van der Waals surface area contributed by atoms with Gasteiger partial charge in [0.2, 0.25) is 0 Å². The highest BCUT2D eigenvalue weighted by atomic mass is 127. The molecule has 0 bridgehead atoms. The van der Waals surface area contributed by atoms with Crippen LogP contribution in [0.4, 0.5) is 0 Å². The van der Waals surface area contributed by atoms with Crippen molar-refractivity contribution in [2.75, 3.05) is 19.7 Å². The fraction of sp³-hybridized carbons (Fsp3) is 0.333. The lowest BCUT2D eigenvalue weighted by atomic mass is 9.94. The summed E-state index contributed by atoms with van der Waals surface area (Å²) < 4.78 is 8.60. The monoisotopic (exact) mass is 698 g/mol. The summed E-state index contributed by atoms with van der Waals surface area (Å²) in [6.07, 6.45) is 8.06. The number of fused-ring (bicyclic) bond motifs is 2. The lowest BCUT2D eigenvalue weighted by Gasteiger charge is -2.25. The molecule has 1 saturated heterocycles. The van der Waals surface area contributed by atoms with Crippen LogP contribution in [0, 0.1) is 3.57 Å². The number of benzene rings is 3. The van der Waals surface area contributed by atoms with Crippen LogP contribution in [0.15, 0.2) is 66.7 Å². The first kappa shape index (κ1) is 29.0. The summed E-state index contributed by atoms with van der Waals surface area (Å²) in [6.45, 7) is 3.82. The van der Waals surface area contributed by atoms with Gasteiger partial charge in [-0.2, -0.15) is 0 Å². The van der Waals surface area contributed by atoms with E-state index < -0.39 is 0 Å². The van der Waals surface area contributed by atoms with Crippen LogP contribution in [0.2, 0.25) is 0 Å². The maximum absolute atomic E-state index is 13.2. The van der Waals surface area contributed by atoms with Crippen molar-refractivity contribution in [3.63, 3.8) is 0 Å². The topological polar surface area (TPSA) is 77.3 Å². The molecule has 0 radical (unpaired) electrons. The molecule has 2 aromatic heterocycles. The molecule has 7 nitrogen and oxygen atoms in total. The summed E-state index contributed by atoms with van der Waals surface area (Å²) in [6, 6.07) is 22.6. The van der Waals surface area contributed by atoms with Gasteiger partial charge in [0.25, 0.3) is 5.91 Å². The lowest BCUT2D eigenvalue weighted by Crippen LogP contribution is -2.28. The first-order valence-corrected chi connectivity index (χ1v) is 16.8. The highest BCUT2D eigenvalue weighted by Gasteiger charge is 2.24. The highest BCUT2D eigenvalue weighted by molar-refractivity contribution is 14.1. The van der Waals surface area contributed by atoms with E-state index in [0.29, 0.717) is 18.2 Å². The zero-order chi connectivity index (χ0) is 30.2. The molecule has 224 valence electrons. The number of carbonyl (C=O) groups excluding carboxylic acids is 2. The molecule has 0 N–H and O–H groups in total. The quantitative estimate of drug-likeness (QED) is 0.131. The van der Waals surface area contributed by atoms with Crippen molar-refractivity contribution >= 4 is 56.4 Å². The number of esters is 1. The van der Waals surface area contributed by atoms with Crippen LogP contribution in [0.1, 0.15) is 78.6 Å². The van der Waals surface area contributed by atoms with Gasteiger partial charge in [0.05, 0.1) is 40.0 Å². The Kier molecular flexibility index (Phi) is 8.10. The second-order valence-electron chi connectivity index (χ2n) is 11.8. The molecule has 2 aliphatic rings. The molecule has 5 aromatic rings. The van der Waals surface area contributed by atoms with E-state index in [1.165, 1.54) is 19.3 Å². The van der Waals surface area contributed by atoms with E-state index in [4.69, 9.17) is 14.7 Å². The van der Waals surface area contributed by atoms with Crippen LogP contribution in [-0.2, 0) is 4.74 Å². The Morgan fingerprint density at radius 3 is 2.43 bits per heavy atom. The number of amides is 1. The first-order valence-electron chi connectivity index (χ1n) is 15.7. The number of nitrogens with zero attached hydrogens (tertiary/aromatic N) is 4. The number of likely N-dealkylation sites (tertiary alicyclic amines) is 1. The molecule has 8 heteroatoms. The standard InChI is InChI=1S/C36H35IN4O3/c1-2-44-36(43)26-13-17-33-32(22-26)39-34(41(33)27-8-4-3-5-9-27)25-12-16-30-23(20-25)11-15-31(38-30)24-10-14-29(37)28(21-24)35(42)40-18-6-7-19-40/h10-17,20-22,27H,2-9,18-19H2,1H3. The minimum absolute atomic E-state index is 0.106. The van der Waals surface area contributed by atoms with E-state index >= 15 is 0 Å². The van der Waals surface area contributed by atoms with Gasteiger partial charge >= 0.3 is 5.97 Å². The average Bonchev–Trinajstić information content (AvgIpc) is 3.73. The molecule has 1 aliphatic heterocycles. The molecule has 0 unspecified atom stereocenters. The third-order valence-electron chi connectivity index (χ3n) is 8.97. The Hall–Kier alpha value is -3.79. The van der Waals surface area contributed by atoms with Crippen LogP contribution in [0.3, 0.4) is 0 Å². The second-order valence-corrected chi connectivity index (χ2v) is 13.0. The third-order valence-corrected chi connectivity index (χ3v) is 9.91. The van der Waals surface area contributed by atoms with E-state index in [1.807, 2.05) is 54.3 Å². The fourth-order valence-corrected chi connectivity index (χ4v) is 7.28. The minimum Gasteiger partial charge on any atom is -0.462 e. The van der Waals surface area contributed by atoms with Gasteiger partial charge in [-0.15, -0.1) is 0 Å². The zero-order valence-electron chi connectivity index (χ0n) is 24.9. The van der Waals surface area contributed by atoms with Gasteiger partial charge in [0, 0.05) is 39.2 Å². The fourth-order valence-electron chi connectivity index (χ4n) is 6.72. The van der Waals surface area contributed by atoms with E-state index in [1.54, 1.807) is 0 Å². The predicted molar refractivity (Wildman–Crippen MR) is 182 cm³/mol. The number of halogens is 1. The highest BCUT2D eigenvalue weighted by Crippen LogP contribution is 2.37. The molecule has 3 aromatic carbocycles. The predicted octanol–water partition coefficient (Wildman–Crippen LogP) is 8.44. The lowest BCUT2D eigenvalue weighted by molar-refractivity contribution is 0.0526. The van der Waals surface area contributed by atoms with Gasteiger partial charge in [-0.05, 0) is 110 Å². The number of carbonyl (C=O) groups is 2. The Bertz CT molecular complexity index is 1890. The van der Waals surface area contributed by atoms with Crippen molar-refractivity contribution in [2.24, 2.45) is 0 Å². The van der Waals surface area contributed by atoms with Crippen molar-refractivity contribution in [1.82, 2.24) is 19.4 Å². The molecule has 7 rings (SSSR count). The van der Waals surface area contributed by atoms with Crippen molar-refractivity contribution in [3.8, 4) is 22.6 Å². The van der Waals surface area contributed by atoms with Crippen LogP contribution in [0.25, 0.3) is 44.6 Å². The summed E-state index contributed by atoms with van der Waals surface area (Å²) in [4.78, 5) is 37.7. The second kappa shape index (κ2) is 12.3. The van der Waals surface area contributed by atoms with Crippen LogP contribution >= 0.6 is 22.6 Å². The minimum atomic E-state index is -0.323. The molecular weight excluding hydrogens is 663 g/mol. The molecule has 3 heterocycles. The SMILES string of the molecule is CCOC(=O)c1ccc2c(c1)nc(-c1ccc3nc(-c4ccc(I)c(C(=O)N5CCCC5)c4)ccc3c1)n2C1CCCCC1. The molecule has 0 atom stereocenters. The van der Waals surface area contributed by atoms with Gasteiger partial charge in [-0.3, -0.25) is 4.79 Å². The molecule has 0 spiro atoms. The molecule has 2 fully saturated rings. The number of imidazole rings is 1. The van der Waals surface area contributed by atoms with E-state index in [2.05, 4.69) is 51.4 Å². The van der Waals surface area contributed by atoms with E-state index in [-0.39, 0.29) is 11.9 Å². The van der Waals surface area contributed by atoms with Crippen molar-refractivity contribution in [1.29, 1.82) is 0 Å². The summed E-state index contributed by atoms with van der Waals surface area (Å²) in [5.74, 6) is 0.701. The Morgan fingerprint density at radius 2 is 1.64 bits per heavy atom. The van der Waals surface area contributed by atoms with Gasteiger partial charge in [0.1, 0.15) is 5.82 Å². The number of pyridine rings is 1. The van der Waals surface area contributed by atoms with Crippen molar-refractivity contribution in [3.05, 3.63) is 81.4 Å². The first-order chi connectivity index (χ1) is 21.5. The maximum atomic E-state index is 13.2. The summed E-state index contributed by atoms with van der Waals surface area (Å²) in [5, 5.41) is 1.03. The number of rotatable bonds is 6. The molecule has 1 amide bonds. The normalized spacial score (nSPS) is 15.7. The van der Waals surface area contributed by atoms with Crippen LogP contribution in [0.5, 0.6) is 0 Å². The number of aromatic nitrogens is 3. The third kappa shape index (κ3) is 5.49. The van der Waals surface area contributed by atoms with Crippen molar-refractivity contribution < 1.29 is 14.3 Å². The summed E-state index contributed by atoms with van der Waals surface area (Å²) in [5.41, 5.74) is 6.83. The molecule has 1 saturated carbocycles. The van der Waals surface area contributed by atoms with Crippen LogP contribution < -0.4 is 0 Å². The number of ether oxygens (including phenoxy) is 1. The Balaban J connectivity index is 1.26. The Labute approximate surface area is 270 Å². The maximum Gasteiger partial charge on any atom is 0.338 e. The van der Waals surface area contributed by atoms with Gasteiger partial charge in [-0.25, -0.2) is 14.8 Å². The average molecular weight is 699 g/mol. The summed E-state index contributed by atoms with van der Waals surface area (Å²) >= 11 is 2.25. The Morgan fingerprint density at radius 1 is 0.841 bits per heavy atom. The van der Waals surface area contributed by atoms with Crippen LogP contribution in [-0.4, -0.2) is 51.0 Å². The smallest absolute Gasteiger partial charge is 0.338 e. The molecule has 1 aliphatic carbocycles. The number of hydrogen-bond acceptors (Lipinski definition) is 5.